The van der Waals surface area contributed by atoms with Gasteiger partial charge in [0.05, 0.1) is 11.3 Å². The number of rotatable bonds is 4. The summed E-state index contributed by atoms with van der Waals surface area (Å²) in [5, 5.41) is 4.36. The Kier molecular flexibility index (Phi) is 5.35. The second kappa shape index (κ2) is 7.68. The van der Waals surface area contributed by atoms with Crippen molar-refractivity contribution >= 4 is 11.9 Å². The Morgan fingerprint density at radius 3 is 2.73 bits per heavy atom. The van der Waals surface area contributed by atoms with Crippen molar-refractivity contribution in [2.45, 2.75) is 33.6 Å². The first kappa shape index (κ1) is 18.1. The molecule has 26 heavy (non-hydrogen) atoms. The van der Waals surface area contributed by atoms with Crippen molar-refractivity contribution in [3.8, 4) is 5.82 Å². The van der Waals surface area contributed by atoms with E-state index in [2.05, 4.69) is 17.0 Å². The van der Waals surface area contributed by atoms with Crippen LogP contribution in [-0.4, -0.2) is 51.2 Å². The number of carbonyl (C=O) groups is 2. The van der Waals surface area contributed by atoms with Gasteiger partial charge >= 0.3 is 5.97 Å². The Morgan fingerprint density at radius 1 is 1.31 bits per heavy atom. The van der Waals surface area contributed by atoms with Gasteiger partial charge in [0.1, 0.15) is 0 Å². The molecule has 3 heterocycles. The summed E-state index contributed by atoms with van der Waals surface area (Å²) in [6.45, 7) is 7.22. The third kappa shape index (κ3) is 4.09. The van der Waals surface area contributed by atoms with Gasteiger partial charge in [-0.2, -0.15) is 5.10 Å². The average Bonchev–Trinajstić information content (AvgIpc) is 2.97. The van der Waals surface area contributed by atoms with Gasteiger partial charge in [-0.25, -0.2) is 14.5 Å². The first-order valence-corrected chi connectivity index (χ1v) is 8.88. The fourth-order valence-corrected chi connectivity index (χ4v) is 3.21. The Labute approximate surface area is 153 Å². The van der Waals surface area contributed by atoms with E-state index in [4.69, 9.17) is 4.74 Å². The predicted octanol–water partition coefficient (Wildman–Crippen LogP) is 2.30. The summed E-state index contributed by atoms with van der Waals surface area (Å²) in [6.07, 6.45) is 3.58. The molecule has 7 nitrogen and oxygen atoms in total. The van der Waals surface area contributed by atoms with Crippen LogP contribution < -0.4 is 0 Å². The number of hydrogen-bond donors (Lipinski definition) is 0. The molecule has 1 aliphatic rings. The van der Waals surface area contributed by atoms with E-state index in [9.17, 15) is 9.59 Å². The maximum absolute atomic E-state index is 12.2. The van der Waals surface area contributed by atoms with Gasteiger partial charge in [-0.3, -0.25) is 4.79 Å². The van der Waals surface area contributed by atoms with Crippen molar-refractivity contribution in [3.63, 3.8) is 0 Å². The maximum Gasteiger partial charge on any atom is 0.340 e. The first-order valence-electron chi connectivity index (χ1n) is 8.88. The number of carbonyl (C=O) groups excluding carboxylic acids is 2. The van der Waals surface area contributed by atoms with Crippen molar-refractivity contribution in [1.82, 2.24) is 19.7 Å². The zero-order valence-corrected chi connectivity index (χ0v) is 15.4. The quantitative estimate of drug-likeness (QED) is 0.786. The molecule has 0 radical (unpaired) electrons. The average molecular weight is 356 g/mol. The summed E-state index contributed by atoms with van der Waals surface area (Å²) in [4.78, 5) is 30.4. The lowest BCUT2D eigenvalue weighted by molar-refractivity contribution is -0.136. The molecule has 3 rings (SSSR count). The molecule has 1 amide bonds. The van der Waals surface area contributed by atoms with Gasteiger partial charge in [-0.1, -0.05) is 6.92 Å². The highest BCUT2D eigenvalue weighted by molar-refractivity contribution is 5.91. The first-order chi connectivity index (χ1) is 12.4. The van der Waals surface area contributed by atoms with Crippen LogP contribution in [0.5, 0.6) is 0 Å². The molecule has 7 heteroatoms. The summed E-state index contributed by atoms with van der Waals surface area (Å²) in [5.74, 6) is 0.438. The monoisotopic (exact) mass is 356 g/mol. The molecule has 0 aliphatic carbocycles. The summed E-state index contributed by atoms with van der Waals surface area (Å²) in [7, 11) is 0. The third-order valence-electron chi connectivity index (χ3n) is 4.55. The highest BCUT2D eigenvalue weighted by atomic mass is 16.5. The van der Waals surface area contributed by atoms with E-state index in [1.807, 2.05) is 19.9 Å². The number of pyridine rings is 1. The van der Waals surface area contributed by atoms with Gasteiger partial charge in [0, 0.05) is 25.0 Å². The van der Waals surface area contributed by atoms with Crippen molar-refractivity contribution < 1.29 is 14.3 Å². The molecule has 0 spiro atoms. The number of nitrogens with zero attached hydrogens (tertiary/aromatic N) is 4. The molecule has 1 fully saturated rings. The molecular formula is C19H24N4O3. The predicted molar refractivity (Wildman–Crippen MR) is 96.1 cm³/mol. The molecule has 138 valence electrons. The molecule has 0 bridgehead atoms. The second-order valence-electron chi connectivity index (χ2n) is 6.91. The standard InChI is InChI=1S/C19H24N4O3/c1-13-5-4-8-22(11-13)18(24)12-26-19(25)16-6-7-17(20-10-16)23-15(3)9-14(2)21-23/h6-7,9-10,13H,4-5,8,11-12H2,1-3H3. The number of esters is 1. The lowest BCUT2D eigenvalue weighted by atomic mass is 10.0. The Morgan fingerprint density at radius 2 is 2.12 bits per heavy atom. The van der Waals surface area contributed by atoms with E-state index in [0.29, 0.717) is 17.3 Å². The molecule has 1 unspecified atom stereocenters. The maximum atomic E-state index is 12.2. The van der Waals surface area contributed by atoms with Gasteiger partial charge in [-0.15, -0.1) is 0 Å². The molecule has 1 aliphatic heterocycles. The van der Waals surface area contributed by atoms with Gasteiger partial charge in [0.15, 0.2) is 12.4 Å². The minimum absolute atomic E-state index is 0.142. The van der Waals surface area contributed by atoms with Crippen LogP contribution in [0.15, 0.2) is 24.4 Å². The number of aryl methyl sites for hydroxylation is 2. The zero-order valence-electron chi connectivity index (χ0n) is 15.4. The van der Waals surface area contributed by atoms with Crippen molar-refractivity contribution in [2.75, 3.05) is 19.7 Å². The van der Waals surface area contributed by atoms with Crippen LogP contribution in [0.2, 0.25) is 0 Å². The molecule has 0 aromatic carbocycles. The van der Waals surface area contributed by atoms with Crippen molar-refractivity contribution in [2.24, 2.45) is 5.92 Å². The van der Waals surface area contributed by atoms with Gasteiger partial charge < -0.3 is 9.64 Å². The largest absolute Gasteiger partial charge is 0.452 e. The molecule has 2 aromatic rings. The molecule has 0 N–H and O–H groups in total. The van der Waals surface area contributed by atoms with Crippen LogP contribution in [-0.2, 0) is 9.53 Å². The van der Waals surface area contributed by atoms with E-state index < -0.39 is 5.97 Å². The van der Waals surface area contributed by atoms with Gasteiger partial charge in [0.25, 0.3) is 5.91 Å². The fraction of sp³-hybridized carbons (Fsp3) is 0.474. The SMILES string of the molecule is Cc1cc(C)n(-c2ccc(C(=O)OCC(=O)N3CCCC(C)C3)cn2)n1. The lowest BCUT2D eigenvalue weighted by Gasteiger charge is -2.30. The van der Waals surface area contributed by atoms with Crippen LogP contribution in [0.4, 0.5) is 0 Å². The second-order valence-corrected chi connectivity index (χ2v) is 6.91. The smallest absolute Gasteiger partial charge is 0.340 e. The summed E-state index contributed by atoms with van der Waals surface area (Å²) in [6, 6.07) is 5.30. The van der Waals surface area contributed by atoms with Gasteiger partial charge in [0.2, 0.25) is 0 Å². The number of aromatic nitrogens is 3. The van der Waals surface area contributed by atoms with E-state index in [-0.39, 0.29) is 12.5 Å². The Hall–Kier alpha value is -2.70. The van der Waals surface area contributed by atoms with Crippen molar-refractivity contribution in [3.05, 3.63) is 41.3 Å². The third-order valence-corrected chi connectivity index (χ3v) is 4.55. The highest BCUT2D eigenvalue weighted by Crippen LogP contribution is 2.16. The molecule has 1 atom stereocenters. The highest BCUT2D eigenvalue weighted by Gasteiger charge is 2.22. The van der Waals surface area contributed by atoms with Crippen LogP contribution >= 0.6 is 0 Å². The molecular weight excluding hydrogens is 332 g/mol. The van der Waals surface area contributed by atoms with Crippen molar-refractivity contribution in [1.29, 1.82) is 0 Å². The minimum Gasteiger partial charge on any atom is -0.452 e. The number of amides is 1. The number of piperidine rings is 1. The van der Waals surface area contributed by atoms with Crippen LogP contribution in [0, 0.1) is 19.8 Å². The van der Waals surface area contributed by atoms with Gasteiger partial charge in [-0.05, 0) is 50.8 Å². The van der Waals surface area contributed by atoms with E-state index in [1.54, 1.807) is 21.7 Å². The minimum atomic E-state index is -0.546. The normalized spacial score (nSPS) is 17.2. The molecule has 0 saturated carbocycles. The number of hydrogen-bond acceptors (Lipinski definition) is 5. The topological polar surface area (TPSA) is 77.3 Å². The van der Waals surface area contributed by atoms with E-state index in [1.165, 1.54) is 6.20 Å². The van der Waals surface area contributed by atoms with Crippen LogP contribution in [0.3, 0.4) is 0 Å². The fourth-order valence-electron chi connectivity index (χ4n) is 3.21. The number of likely N-dealkylation sites (tertiary alicyclic amines) is 1. The summed E-state index contributed by atoms with van der Waals surface area (Å²) >= 11 is 0. The Bertz CT molecular complexity index is 798. The molecule has 2 aromatic heterocycles. The summed E-state index contributed by atoms with van der Waals surface area (Å²) < 4.78 is 6.87. The van der Waals surface area contributed by atoms with E-state index in [0.717, 1.165) is 37.3 Å². The lowest BCUT2D eigenvalue weighted by Crippen LogP contribution is -2.41. The number of ether oxygens (including phenoxy) is 1. The summed E-state index contributed by atoms with van der Waals surface area (Å²) in [5.41, 5.74) is 2.18. The van der Waals surface area contributed by atoms with E-state index >= 15 is 0 Å². The van der Waals surface area contributed by atoms with Crippen LogP contribution in [0.25, 0.3) is 5.82 Å². The zero-order chi connectivity index (χ0) is 18.7. The van der Waals surface area contributed by atoms with Crippen LogP contribution in [0.1, 0.15) is 41.5 Å². The Balaban J connectivity index is 1.58. The molecule has 1 saturated heterocycles.